The molecule has 1 aromatic heterocycles. The fourth-order valence-corrected chi connectivity index (χ4v) is 4.52. The van der Waals surface area contributed by atoms with E-state index in [0.717, 1.165) is 17.8 Å². The summed E-state index contributed by atoms with van der Waals surface area (Å²) < 4.78 is 10.4. The summed E-state index contributed by atoms with van der Waals surface area (Å²) >= 11 is 1.26. The average Bonchev–Trinajstić information content (AvgIpc) is 3.36. The standard InChI is InChI=1S/C23H25N5O4S/c1-31-17-11-9-16(10-12-17)24-20(29)22-27-26-21(33-22)15-6-5-13-28(14-15)23(30)25-18-7-3-4-8-19(18)32-2/h3-4,7-12,15H,5-6,13-14H2,1-2H3,(H,24,29)(H,25,30). The largest absolute Gasteiger partial charge is 0.497 e. The Hall–Kier alpha value is -3.66. The fourth-order valence-electron chi connectivity index (χ4n) is 3.66. The number of ether oxygens (including phenoxy) is 2. The number of benzene rings is 2. The first-order valence-corrected chi connectivity index (χ1v) is 11.4. The number of anilines is 2. The van der Waals surface area contributed by atoms with Crippen LogP contribution in [0.15, 0.2) is 48.5 Å². The van der Waals surface area contributed by atoms with Crippen molar-refractivity contribution in [3.63, 3.8) is 0 Å². The summed E-state index contributed by atoms with van der Waals surface area (Å²) in [5, 5.41) is 15.1. The van der Waals surface area contributed by atoms with Crippen LogP contribution in [0.25, 0.3) is 0 Å². The van der Waals surface area contributed by atoms with E-state index in [2.05, 4.69) is 20.8 Å². The number of likely N-dealkylation sites (tertiary alicyclic amines) is 1. The van der Waals surface area contributed by atoms with Gasteiger partial charge in [0.1, 0.15) is 16.5 Å². The highest BCUT2D eigenvalue weighted by Crippen LogP contribution is 2.30. The molecule has 10 heteroatoms. The summed E-state index contributed by atoms with van der Waals surface area (Å²) in [6.45, 7) is 1.16. The van der Waals surface area contributed by atoms with Gasteiger partial charge < -0.3 is 25.0 Å². The number of hydrogen-bond donors (Lipinski definition) is 2. The first kappa shape index (κ1) is 22.5. The molecule has 0 bridgehead atoms. The second-order valence-corrected chi connectivity index (χ2v) is 8.55. The summed E-state index contributed by atoms with van der Waals surface area (Å²) in [6, 6.07) is 14.2. The van der Waals surface area contributed by atoms with Gasteiger partial charge in [0, 0.05) is 24.7 Å². The molecule has 2 aromatic carbocycles. The Bertz CT molecular complexity index is 1120. The summed E-state index contributed by atoms with van der Waals surface area (Å²) in [5.41, 5.74) is 1.27. The fraction of sp³-hybridized carbons (Fsp3) is 0.304. The van der Waals surface area contributed by atoms with Gasteiger partial charge in [-0.1, -0.05) is 23.5 Å². The number of hydrogen-bond acceptors (Lipinski definition) is 7. The zero-order valence-corrected chi connectivity index (χ0v) is 19.2. The number of nitrogens with one attached hydrogen (secondary N) is 2. The quantitative estimate of drug-likeness (QED) is 0.562. The Morgan fingerprint density at radius 3 is 2.58 bits per heavy atom. The van der Waals surface area contributed by atoms with E-state index in [1.807, 2.05) is 12.1 Å². The predicted molar refractivity (Wildman–Crippen MR) is 126 cm³/mol. The summed E-state index contributed by atoms with van der Waals surface area (Å²) in [7, 11) is 3.16. The number of amides is 3. The minimum absolute atomic E-state index is 0.0298. The Kier molecular flexibility index (Phi) is 7.04. The number of methoxy groups -OCH3 is 2. The Morgan fingerprint density at radius 1 is 1.03 bits per heavy atom. The number of rotatable bonds is 6. The van der Waals surface area contributed by atoms with Gasteiger partial charge in [0.25, 0.3) is 5.91 Å². The minimum atomic E-state index is -0.314. The maximum absolute atomic E-state index is 12.8. The maximum Gasteiger partial charge on any atom is 0.321 e. The van der Waals surface area contributed by atoms with Gasteiger partial charge in [0.2, 0.25) is 5.01 Å². The van der Waals surface area contributed by atoms with E-state index in [4.69, 9.17) is 9.47 Å². The Labute approximate surface area is 195 Å². The van der Waals surface area contributed by atoms with Crippen LogP contribution in [-0.2, 0) is 0 Å². The second kappa shape index (κ2) is 10.3. The van der Waals surface area contributed by atoms with E-state index in [1.165, 1.54) is 11.3 Å². The molecule has 3 amide bonds. The van der Waals surface area contributed by atoms with Gasteiger partial charge in [-0.05, 0) is 49.2 Å². The normalized spacial score (nSPS) is 15.6. The van der Waals surface area contributed by atoms with Crippen LogP contribution in [0.4, 0.5) is 16.2 Å². The van der Waals surface area contributed by atoms with Crippen LogP contribution in [0.5, 0.6) is 11.5 Å². The van der Waals surface area contributed by atoms with Crippen molar-refractivity contribution in [2.45, 2.75) is 18.8 Å². The Balaban J connectivity index is 1.38. The van der Waals surface area contributed by atoms with Crippen molar-refractivity contribution < 1.29 is 19.1 Å². The minimum Gasteiger partial charge on any atom is -0.497 e. The zero-order valence-electron chi connectivity index (χ0n) is 18.4. The molecule has 33 heavy (non-hydrogen) atoms. The molecule has 2 heterocycles. The van der Waals surface area contributed by atoms with Crippen LogP contribution >= 0.6 is 11.3 Å². The molecule has 172 valence electrons. The van der Waals surface area contributed by atoms with Gasteiger partial charge in [-0.2, -0.15) is 0 Å². The molecule has 4 rings (SSSR count). The molecule has 1 unspecified atom stereocenters. The van der Waals surface area contributed by atoms with E-state index in [0.29, 0.717) is 36.0 Å². The number of nitrogens with zero attached hydrogens (tertiary/aromatic N) is 3. The molecule has 1 fully saturated rings. The van der Waals surface area contributed by atoms with Crippen molar-refractivity contribution in [3.8, 4) is 11.5 Å². The highest BCUT2D eigenvalue weighted by molar-refractivity contribution is 7.13. The van der Waals surface area contributed by atoms with E-state index in [-0.39, 0.29) is 22.9 Å². The number of para-hydroxylation sites is 2. The smallest absolute Gasteiger partial charge is 0.321 e. The third-order valence-electron chi connectivity index (χ3n) is 5.39. The van der Waals surface area contributed by atoms with Crippen molar-refractivity contribution in [3.05, 3.63) is 58.5 Å². The lowest BCUT2D eigenvalue weighted by atomic mass is 9.99. The lowest BCUT2D eigenvalue weighted by Crippen LogP contribution is -2.41. The molecule has 1 aliphatic heterocycles. The number of urea groups is 1. The zero-order chi connectivity index (χ0) is 23.2. The predicted octanol–water partition coefficient (Wildman–Crippen LogP) is 4.22. The number of carbonyl (C=O) groups is 2. The molecule has 0 radical (unpaired) electrons. The third-order valence-corrected chi connectivity index (χ3v) is 6.47. The molecule has 0 saturated carbocycles. The van der Waals surface area contributed by atoms with E-state index in [1.54, 1.807) is 55.5 Å². The molecule has 2 N–H and O–H groups in total. The molecular formula is C23H25N5O4S. The molecule has 9 nitrogen and oxygen atoms in total. The number of aromatic nitrogens is 2. The van der Waals surface area contributed by atoms with Crippen LogP contribution in [0.3, 0.4) is 0 Å². The molecule has 0 spiro atoms. The molecule has 1 saturated heterocycles. The molecule has 0 aliphatic carbocycles. The number of carbonyl (C=O) groups excluding carboxylic acids is 2. The Morgan fingerprint density at radius 2 is 1.82 bits per heavy atom. The molecule has 3 aromatic rings. The van der Waals surface area contributed by atoms with Gasteiger partial charge in [-0.25, -0.2) is 4.79 Å². The summed E-state index contributed by atoms with van der Waals surface area (Å²) in [5.74, 6) is 1.03. The number of piperidine rings is 1. The molecule has 1 aliphatic rings. The van der Waals surface area contributed by atoms with Gasteiger partial charge in [0.15, 0.2) is 0 Å². The lowest BCUT2D eigenvalue weighted by Gasteiger charge is -2.31. The van der Waals surface area contributed by atoms with E-state index in [9.17, 15) is 9.59 Å². The van der Waals surface area contributed by atoms with E-state index >= 15 is 0 Å². The first-order valence-electron chi connectivity index (χ1n) is 10.5. The van der Waals surface area contributed by atoms with Crippen LogP contribution in [0, 0.1) is 0 Å². The monoisotopic (exact) mass is 467 g/mol. The van der Waals surface area contributed by atoms with Crippen molar-refractivity contribution in [2.75, 3.05) is 37.9 Å². The first-order chi connectivity index (χ1) is 16.1. The van der Waals surface area contributed by atoms with Crippen molar-refractivity contribution in [1.82, 2.24) is 15.1 Å². The average molecular weight is 468 g/mol. The van der Waals surface area contributed by atoms with Gasteiger partial charge in [0.05, 0.1) is 19.9 Å². The topological polar surface area (TPSA) is 106 Å². The lowest BCUT2D eigenvalue weighted by molar-refractivity contribution is 0.102. The SMILES string of the molecule is COc1ccc(NC(=O)c2nnc(C3CCCN(C(=O)Nc4ccccc4OC)C3)s2)cc1. The summed E-state index contributed by atoms with van der Waals surface area (Å²) in [6.07, 6.45) is 1.73. The van der Waals surface area contributed by atoms with Gasteiger partial charge >= 0.3 is 6.03 Å². The van der Waals surface area contributed by atoms with Gasteiger partial charge in [-0.15, -0.1) is 10.2 Å². The summed E-state index contributed by atoms with van der Waals surface area (Å²) in [4.78, 5) is 27.2. The van der Waals surface area contributed by atoms with E-state index < -0.39 is 0 Å². The van der Waals surface area contributed by atoms with Crippen molar-refractivity contribution in [2.24, 2.45) is 0 Å². The van der Waals surface area contributed by atoms with Crippen LogP contribution in [-0.4, -0.2) is 54.3 Å². The highest BCUT2D eigenvalue weighted by atomic mass is 32.1. The second-order valence-electron chi connectivity index (χ2n) is 7.54. The van der Waals surface area contributed by atoms with Crippen molar-refractivity contribution in [1.29, 1.82) is 0 Å². The molecule has 1 atom stereocenters. The third kappa shape index (κ3) is 5.40. The van der Waals surface area contributed by atoms with Crippen LogP contribution < -0.4 is 20.1 Å². The molecular weight excluding hydrogens is 442 g/mol. The van der Waals surface area contributed by atoms with Gasteiger partial charge in [-0.3, -0.25) is 4.79 Å². The highest BCUT2D eigenvalue weighted by Gasteiger charge is 2.28. The van der Waals surface area contributed by atoms with Crippen LogP contribution in [0.1, 0.15) is 33.6 Å². The van der Waals surface area contributed by atoms with Crippen molar-refractivity contribution >= 4 is 34.6 Å². The van der Waals surface area contributed by atoms with Crippen LogP contribution in [0.2, 0.25) is 0 Å². The maximum atomic E-state index is 12.8.